The molecule has 1 rings (SSSR count). The first-order valence-electron chi connectivity index (χ1n) is 2.08. The monoisotopic (exact) mass is 304 g/mol. The molecule has 0 N–H and O–H groups in total. The molecule has 7 heavy (non-hydrogen) atoms. The standard InChI is InChI=1S/C5H4.2Sn/c1-2-4-5-3-1;;/h1-4H;;. The van der Waals surface area contributed by atoms with Gasteiger partial charge < -0.3 is 0 Å². The molecule has 0 saturated carbocycles. The Morgan fingerprint density at radius 1 is 1.00 bits per heavy atom. The van der Waals surface area contributed by atoms with E-state index in [1.54, 1.807) is 45.0 Å². The maximum atomic E-state index is 2.27. The van der Waals surface area contributed by atoms with Crippen LogP contribution in [-0.4, -0.2) is 45.0 Å². The SMILES string of the molecule is [Sn][C]1([Sn])C=CC=C1. The fourth-order valence-corrected chi connectivity index (χ4v) is 1.57. The van der Waals surface area contributed by atoms with Gasteiger partial charge in [-0.3, -0.25) is 0 Å². The van der Waals surface area contributed by atoms with Gasteiger partial charge in [0.1, 0.15) is 0 Å². The van der Waals surface area contributed by atoms with Crippen LogP contribution in [0.1, 0.15) is 0 Å². The third-order valence-electron chi connectivity index (χ3n) is 0.829. The molecule has 32 valence electrons. The first-order valence-corrected chi connectivity index (χ1v) is 4.93. The second-order valence-corrected chi connectivity index (χ2v) is 10.4. The van der Waals surface area contributed by atoms with Crippen molar-refractivity contribution in [2.45, 2.75) is 1.45 Å². The average molecular weight is 302 g/mol. The minimum absolute atomic E-state index is 0.513. The normalized spacial score (nSPS) is 23.7. The molecule has 0 nitrogen and oxygen atoms in total. The number of rotatable bonds is 0. The molecule has 0 spiro atoms. The van der Waals surface area contributed by atoms with Gasteiger partial charge in [-0.2, -0.15) is 0 Å². The van der Waals surface area contributed by atoms with Crippen LogP contribution >= 0.6 is 0 Å². The van der Waals surface area contributed by atoms with Crippen LogP contribution in [0.2, 0.25) is 1.45 Å². The van der Waals surface area contributed by atoms with E-state index in [-0.39, 0.29) is 0 Å². The van der Waals surface area contributed by atoms with Gasteiger partial charge >= 0.3 is 70.8 Å². The summed E-state index contributed by atoms with van der Waals surface area (Å²) in [6.07, 6.45) is 8.79. The molecule has 0 saturated heterocycles. The molecule has 0 aromatic carbocycles. The van der Waals surface area contributed by atoms with Crippen LogP contribution in [0.3, 0.4) is 0 Å². The van der Waals surface area contributed by atoms with E-state index in [1.165, 1.54) is 0 Å². The maximum absolute atomic E-state index is 2.27. The van der Waals surface area contributed by atoms with Crippen molar-refractivity contribution in [3.63, 3.8) is 0 Å². The average Bonchev–Trinajstić information content (AvgIpc) is 1.84. The molecule has 1 aliphatic carbocycles. The Balaban J connectivity index is 2.77. The van der Waals surface area contributed by atoms with Gasteiger partial charge in [0, 0.05) is 0 Å². The molecule has 1 aliphatic rings. The first kappa shape index (κ1) is 6.20. The van der Waals surface area contributed by atoms with Crippen molar-refractivity contribution in [3.8, 4) is 0 Å². The molecular formula is C5H4Sn2. The summed E-state index contributed by atoms with van der Waals surface area (Å²) in [7, 11) is 0. The van der Waals surface area contributed by atoms with Crippen LogP contribution in [0.15, 0.2) is 24.3 Å². The van der Waals surface area contributed by atoms with Gasteiger partial charge in [0.05, 0.1) is 0 Å². The van der Waals surface area contributed by atoms with E-state index in [0.29, 0.717) is 1.45 Å². The molecule has 0 atom stereocenters. The van der Waals surface area contributed by atoms with Crippen molar-refractivity contribution in [1.29, 1.82) is 0 Å². The molecule has 2 heteroatoms. The third-order valence-corrected chi connectivity index (χ3v) is 2.73. The summed E-state index contributed by atoms with van der Waals surface area (Å²) in [6.45, 7) is 0. The predicted molar refractivity (Wildman–Crippen MR) is 32.5 cm³/mol. The van der Waals surface area contributed by atoms with Gasteiger partial charge in [-0.15, -0.1) is 0 Å². The van der Waals surface area contributed by atoms with Crippen molar-refractivity contribution < 1.29 is 0 Å². The van der Waals surface area contributed by atoms with Gasteiger partial charge in [-0.05, 0) is 0 Å². The Bertz CT molecular complexity index is 108. The molecule has 0 amide bonds. The topological polar surface area (TPSA) is 0 Å². The zero-order chi connectivity index (χ0) is 5.33. The summed E-state index contributed by atoms with van der Waals surface area (Å²) >= 11 is 3.23. The van der Waals surface area contributed by atoms with E-state index < -0.39 is 0 Å². The van der Waals surface area contributed by atoms with Crippen LogP contribution in [0.5, 0.6) is 0 Å². The molecule has 0 aromatic rings. The van der Waals surface area contributed by atoms with Crippen LogP contribution < -0.4 is 0 Å². The van der Waals surface area contributed by atoms with Gasteiger partial charge in [-0.1, -0.05) is 0 Å². The molecule has 0 fully saturated rings. The van der Waals surface area contributed by atoms with Crippen LogP contribution in [0.25, 0.3) is 0 Å². The van der Waals surface area contributed by atoms with Crippen molar-refractivity contribution in [3.05, 3.63) is 24.3 Å². The summed E-state index contributed by atoms with van der Waals surface area (Å²) in [5.41, 5.74) is 0. The molecule has 0 unspecified atom stereocenters. The van der Waals surface area contributed by atoms with Crippen molar-refractivity contribution in [2.75, 3.05) is 0 Å². The van der Waals surface area contributed by atoms with Crippen molar-refractivity contribution in [1.82, 2.24) is 0 Å². The Morgan fingerprint density at radius 2 is 1.43 bits per heavy atom. The molecule has 0 heterocycles. The summed E-state index contributed by atoms with van der Waals surface area (Å²) in [6, 6.07) is 0. The Kier molecular flexibility index (Phi) is 1.89. The van der Waals surface area contributed by atoms with E-state index in [9.17, 15) is 0 Å². The third kappa shape index (κ3) is 1.80. The fourth-order valence-electron chi connectivity index (χ4n) is 0.470. The molecule has 0 aromatic heterocycles. The second kappa shape index (κ2) is 2.13. The first-order chi connectivity index (χ1) is 3.21. The number of hydrogen-bond donors (Lipinski definition) is 0. The predicted octanol–water partition coefficient (Wildman–Crippen LogP) is 0.566. The quantitative estimate of drug-likeness (QED) is 0.574. The van der Waals surface area contributed by atoms with Crippen LogP contribution in [-0.2, 0) is 0 Å². The number of hydrogen-bond acceptors (Lipinski definition) is 0. The van der Waals surface area contributed by atoms with Crippen molar-refractivity contribution in [2.24, 2.45) is 0 Å². The molecule has 0 aliphatic heterocycles. The van der Waals surface area contributed by atoms with E-state index in [1.807, 2.05) is 0 Å². The van der Waals surface area contributed by atoms with Crippen LogP contribution in [0.4, 0.5) is 0 Å². The van der Waals surface area contributed by atoms with Gasteiger partial charge in [0.15, 0.2) is 0 Å². The minimum atomic E-state index is 0.513. The van der Waals surface area contributed by atoms with E-state index >= 15 is 0 Å². The summed E-state index contributed by atoms with van der Waals surface area (Å²) in [4.78, 5) is 0. The van der Waals surface area contributed by atoms with E-state index in [2.05, 4.69) is 24.3 Å². The molecular weight excluding hydrogens is 297 g/mol. The van der Waals surface area contributed by atoms with E-state index in [0.717, 1.165) is 0 Å². The van der Waals surface area contributed by atoms with Gasteiger partial charge in [0.2, 0.25) is 0 Å². The van der Waals surface area contributed by atoms with E-state index in [4.69, 9.17) is 0 Å². The fraction of sp³-hybridized carbons (Fsp3) is 0.200. The summed E-state index contributed by atoms with van der Waals surface area (Å²) < 4.78 is 0.513. The molecule has 6 radical (unpaired) electrons. The molecule has 0 bridgehead atoms. The summed E-state index contributed by atoms with van der Waals surface area (Å²) in [5.74, 6) is 0. The Hall–Kier alpha value is 1.08. The second-order valence-electron chi connectivity index (χ2n) is 1.59. The number of allylic oxidation sites excluding steroid dienone is 4. The summed E-state index contributed by atoms with van der Waals surface area (Å²) in [5, 5.41) is 0. The zero-order valence-corrected chi connectivity index (χ0v) is 9.52. The van der Waals surface area contributed by atoms with Gasteiger partial charge in [-0.25, -0.2) is 0 Å². The Labute approximate surface area is 70.2 Å². The van der Waals surface area contributed by atoms with Crippen molar-refractivity contribution >= 4 is 45.0 Å². The zero-order valence-electron chi connectivity index (χ0n) is 3.81. The van der Waals surface area contributed by atoms with Crippen LogP contribution in [0, 0.1) is 0 Å². The van der Waals surface area contributed by atoms with Gasteiger partial charge in [0.25, 0.3) is 0 Å². The Morgan fingerprint density at radius 3 is 1.57 bits per heavy atom.